The molecule has 1 rings (SSSR count). The second-order valence-electron chi connectivity index (χ2n) is 2.99. The average molecular weight is 192 g/mol. The molecule has 68 valence electrons. The van der Waals surface area contributed by atoms with Crippen LogP contribution in [0.4, 0.5) is 0 Å². The van der Waals surface area contributed by atoms with E-state index < -0.39 is 10.8 Å². The highest BCUT2D eigenvalue weighted by atomic mass is 32.2. The monoisotopic (exact) mass is 192 g/mol. The molecule has 0 N–H and O–H groups in total. The number of hydrogen-bond donors (Lipinski definition) is 0. The SMILES string of the molecule is C#Cc1ccccc1S(=O)C(C)C. The highest BCUT2D eigenvalue weighted by Gasteiger charge is 2.10. The van der Waals surface area contributed by atoms with Crippen LogP contribution in [-0.4, -0.2) is 9.46 Å². The van der Waals surface area contributed by atoms with Gasteiger partial charge in [-0.15, -0.1) is 6.42 Å². The average Bonchev–Trinajstić information content (AvgIpc) is 2.16. The lowest BCUT2D eigenvalue weighted by molar-refractivity contribution is 0.676. The van der Waals surface area contributed by atoms with Crippen molar-refractivity contribution in [2.45, 2.75) is 24.0 Å². The first-order chi connectivity index (χ1) is 6.16. The number of terminal acetylenes is 1. The van der Waals surface area contributed by atoms with Crippen LogP contribution in [0.15, 0.2) is 29.2 Å². The molecule has 0 spiro atoms. The molecule has 0 heterocycles. The zero-order valence-corrected chi connectivity index (χ0v) is 8.60. The van der Waals surface area contributed by atoms with Crippen LogP contribution in [-0.2, 0) is 10.8 Å². The summed E-state index contributed by atoms with van der Waals surface area (Å²) in [4.78, 5) is 0.764. The van der Waals surface area contributed by atoms with Gasteiger partial charge < -0.3 is 0 Å². The van der Waals surface area contributed by atoms with Crippen molar-refractivity contribution in [3.63, 3.8) is 0 Å². The molecule has 1 unspecified atom stereocenters. The summed E-state index contributed by atoms with van der Waals surface area (Å²) in [5.74, 6) is 2.54. The third kappa shape index (κ3) is 2.19. The van der Waals surface area contributed by atoms with Gasteiger partial charge in [0.2, 0.25) is 0 Å². The van der Waals surface area contributed by atoms with Gasteiger partial charge in [0.25, 0.3) is 0 Å². The van der Waals surface area contributed by atoms with Gasteiger partial charge in [0.1, 0.15) is 0 Å². The van der Waals surface area contributed by atoms with Gasteiger partial charge in [0, 0.05) is 10.8 Å². The van der Waals surface area contributed by atoms with Crippen LogP contribution in [0.5, 0.6) is 0 Å². The van der Waals surface area contributed by atoms with Gasteiger partial charge in [0.05, 0.1) is 15.7 Å². The van der Waals surface area contributed by atoms with Gasteiger partial charge in [0.15, 0.2) is 0 Å². The van der Waals surface area contributed by atoms with Crippen molar-refractivity contribution in [2.75, 3.05) is 0 Å². The Morgan fingerprint density at radius 2 is 2.00 bits per heavy atom. The second kappa shape index (κ2) is 4.25. The van der Waals surface area contributed by atoms with Crippen molar-refractivity contribution >= 4 is 10.8 Å². The van der Waals surface area contributed by atoms with Crippen molar-refractivity contribution in [2.24, 2.45) is 0 Å². The molecule has 0 aliphatic carbocycles. The van der Waals surface area contributed by atoms with E-state index in [4.69, 9.17) is 6.42 Å². The molecule has 0 saturated heterocycles. The Morgan fingerprint density at radius 3 is 2.54 bits per heavy atom. The number of hydrogen-bond acceptors (Lipinski definition) is 1. The summed E-state index contributed by atoms with van der Waals surface area (Å²) in [7, 11) is -0.989. The molecule has 0 aliphatic rings. The first kappa shape index (κ1) is 10.0. The molecule has 0 amide bonds. The molecule has 0 radical (unpaired) electrons. The van der Waals surface area contributed by atoms with Gasteiger partial charge in [-0.1, -0.05) is 31.9 Å². The fraction of sp³-hybridized carbons (Fsp3) is 0.273. The van der Waals surface area contributed by atoms with E-state index in [1.807, 2.05) is 38.1 Å². The van der Waals surface area contributed by atoms with Crippen LogP contribution in [0.3, 0.4) is 0 Å². The first-order valence-corrected chi connectivity index (χ1v) is 5.34. The van der Waals surface area contributed by atoms with Crippen molar-refractivity contribution in [3.05, 3.63) is 29.8 Å². The van der Waals surface area contributed by atoms with E-state index in [0.29, 0.717) is 0 Å². The van der Waals surface area contributed by atoms with Crippen molar-refractivity contribution in [1.29, 1.82) is 0 Å². The molecule has 1 atom stereocenters. The van der Waals surface area contributed by atoms with E-state index in [1.54, 1.807) is 0 Å². The summed E-state index contributed by atoms with van der Waals surface area (Å²) in [6.45, 7) is 3.84. The van der Waals surface area contributed by atoms with E-state index in [-0.39, 0.29) is 5.25 Å². The van der Waals surface area contributed by atoms with Gasteiger partial charge in [-0.3, -0.25) is 4.21 Å². The Labute approximate surface area is 81.6 Å². The number of rotatable bonds is 2. The lowest BCUT2D eigenvalue weighted by Gasteiger charge is -2.06. The van der Waals surface area contributed by atoms with Crippen LogP contribution in [0.2, 0.25) is 0 Å². The molecular weight excluding hydrogens is 180 g/mol. The predicted octanol–water partition coefficient (Wildman–Crippen LogP) is 2.18. The van der Waals surface area contributed by atoms with Crippen molar-refractivity contribution < 1.29 is 4.21 Å². The fourth-order valence-electron chi connectivity index (χ4n) is 1.02. The van der Waals surface area contributed by atoms with E-state index >= 15 is 0 Å². The highest BCUT2D eigenvalue weighted by Crippen LogP contribution is 2.15. The molecule has 1 nitrogen and oxygen atoms in total. The first-order valence-electron chi connectivity index (χ1n) is 4.13. The summed E-state index contributed by atoms with van der Waals surface area (Å²) >= 11 is 0. The summed E-state index contributed by atoms with van der Waals surface area (Å²) < 4.78 is 11.7. The highest BCUT2D eigenvalue weighted by molar-refractivity contribution is 7.85. The Balaban J connectivity index is 3.15. The molecule has 0 saturated carbocycles. The molecule has 13 heavy (non-hydrogen) atoms. The minimum absolute atomic E-state index is 0.106. The maximum Gasteiger partial charge on any atom is 0.0567 e. The molecule has 2 heteroatoms. The lowest BCUT2D eigenvalue weighted by Crippen LogP contribution is -2.07. The van der Waals surface area contributed by atoms with E-state index in [0.717, 1.165) is 10.5 Å². The fourth-order valence-corrected chi connectivity index (χ4v) is 2.08. The molecule has 1 aromatic carbocycles. The molecule has 0 aromatic heterocycles. The van der Waals surface area contributed by atoms with E-state index in [9.17, 15) is 4.21 Å². The lowest BCUT2D eigenvalue weighted by atomic mass is 10.2. The quantitative estimate of drug-likeness (QED) is 0.656. The van der Waals surface area contributed by atoms with E-state index in [2.05, 4.69) is 5.92 Å². The topological polar surface area (TPSA) is 17.1 Å². The summed E-state index contributed by atoms with van der Waals surface area (Å²) in [5.41, 5.74) is 0.731. The Morgan fingerprint density at radius 1 is 1.38 bits per heavy atom. The van der Waals surface area contributed by atoms with Crippen molar-refractivity contribution in [1.82, 2.24) is 0 Å². The summed E-state index contributed by atoms with van der Waals surface area (Å²) in [6.07, 6.45) is 5.30. The third-order valence-corrected chi connectivity index (χ3v) is 3.33. The van der Waals surface area contributed by atoms with Crippen LogP contribution < -0.4 is 0 Å². The van der Waals surface area contributed by atoms with Crippen LogP contribution in [0.25, 0.3) is 0 Å². The Bertz CT molecular complexity index is 361. The molecule has 0 fully saturated rings. The van der Waals surface area contributed by atoms with Crippen LogP contribution >= 0.6 is 0 Å². The van der Waals surface area contributed by atoms with E-state index in [1.165, 1.54) is 0 Å². The van der Waals surface area contributed by atoms with Gasteiger partial charge in [-0.05, 0) is 12.1 Å². The standard InChI is InChI=1S/C11H12OS/c1-4-10-7-5-6-8-11(10)13(12)9(2)3/h1,5-9H,2-3H3. The minimum atomic E-state index is -0.989. The maximum atomic E-state index is 11.7. The summed E-state index contributed by atoms with van der Waals surface area (Å²) in [5, 5.41) is 0.106. The second-order valence-corrected chi connectivity index (χ2v) is 4.96. The minimum Gasteiger partial charge on any atom is -0.254 e. The maximum absolute atomic E-state index is 11.7. The van der Waals surface area contributed by atoms with Crippen LogP contribution in [0, 0.1) is 12.3 Å². The zero-order chi connectivity index (χ0) is 9.84. The predicted molar refractivity (Wildman–Crippen MR) is 55.9 cm³/mol. The summed E-state index contributed by atoms with van der Waals surface area (Å²) in [6, 6.07) is 7.35. The zero-order valence-electron chi connectivity index (χ0n) is 7.78. The van der Waals surface area contributed by atoms with Crippen molar-refractivity contribution in [3.8, 4) is 12.3 Å². The van der Waals surface area contributed by atoms with Gasteiger partial charge in [-0.25, -0.2) is 0 Å². The molecule has 1 aromatic rings. The normalized spacial score (nSPS) is 12.5. The van der Waals surface area contributed by atoms with Gasteiger partial charge in [-0.2, -0.15) is 0 Å². The Hall–Kier alpha value is -1.07. The molecule has 0 bridgehead atoms. The molecular formula is C11H12OS. The third-order valence-electron chi connectivity index (χ3n) is 1.69. The largest absolute Gasteiger partial charge is 0.254 e. The van der Waals surface area contributed by atoms with Crippen LogP contribution in [0.1, 0.15) is 19.4 Å². The Kier molecular flexibility index (Phi) is 3.27. The van der Waals surface area contributed by atoms with Gasteiger partial charge >= 0.3 is 0 Å². The molecule has 0 aliphatic heterocycles. The number of benzene rings is 1. The smallest absolute Gasteiger partial charge is 0.0567 e.